The third kappa shape index (κ3) is 2.77. The van der Waals surface area contributed by atoms with Crippen molar-refractivity contribution >= 4 is 11.8 Å². The average molecular weight is 283 g/mol. The molecule has 0 radical (unpaired) electrons. The zero-order valence-electron chi connectivity index (χ0n) is 12.1. The van der Waals surface area contributed by atoms with Gasteiger partial charge in [-0.3, -0.25) is 0 Å². The number of fused-ring (bicyclic) bond motifs is 1. The third-order valence-corrected chi connectivity index (χ3v) is 5.19. The Morgan fingerprint density at radius 3 is 2.70 bits per heavy atom. The molecule has 1 heterocycles. The van der Waals surface area contributed by atoms with E-state index < -0.39 is 0 Å². The molecule has 0 amide bonds. The highest BCUT2D eigenvalue weighted by molar-refractivity contribution is 7.99. The Labute approximate surface area is 125 Å². The van der Waals surface area contributed by atoms with Crippen molar-refractivity contribution in [3.8, 4) is 0 Å². The number of benzene rings is 2. The monoisotopic (exact) mass is 283 g/mol. The summed E-state index contributed by atoms with van der Waals surface area (Å²) in [5.74, 6) is 1.20. The van der Waals surface area contributed by atoms with Crippen molar-refractivity contribution in [1.82, 2.24) is 5.32 Å². The molecule has 1 aliphatic rings. The van der Waals surface area contributed by atoms with Crippen molar-refractivity contribution in [1.29, 1.82) is 0 Å². The first-order valence-corrected chi connectivity index (χ1v) is 8.27. The van der Waals surface area contributed by atoms with E-state index >= 15 is 0 Å². The second-order valence-electron chi connectivity index (χ2n) is 5.47. The van der Waals surface area contributed by atoms with Crippen LogP contribution in [0.2, 0.25) is 0 Å². The zero-order valence-corrected chi connectivity index (χ0v) is 12.9. The molecular formula is C18H21NS. The number of hydrogen-bond donors (Lipinski definition) is 1. The fraction of sp³-hybridized carbons (Fsp3) is 0.333. The topological polar surface area (TPSA) is 12.0 Å². The van der Waals surface area contributed by atoms with Crippen molar-refractivity contribution < 1.29 is 0 Å². The summed E-state index contributed by atoms with van der Waals surface area (Å²) in [6.07, 6.45) is 1.21. The van der Waals surface area contributed by atoms with E-state index in [1.807, 2.05) is 11.8 Å². The van der Waals surface area contributed by atoms with Gasteiger partial charge in [0.05, 0.1) is 0 Å². The average Bonchev–Trinajstić information content (AvgIpc) is 2.48. The summed E-state index contributed by atoms with van der Waals surface area (Å²) in [5.41, 5.74) is 4.23. The Morgan fingerprint density at radius 1 is 1.10 bits per heavy atom. The number of hydrogen-bond acceptors (Lipinski definition) is 2. The minimum Gasteiger partial charge on any atom is -0.303 e. The van der Waals surface area contributed by atoms with Gasteiger partial charge >= 0.3 is 0 Å². The van der Waals surface area contributed by atoms with Gasteiger partial charge in [0, 0.05) is 17.0 Å². The van der Waals surface area contributed by atoms with Gasteiger partial charge in [-0.05, 0) is 48.8 Å². The van der Waals surface area contributed by atoms with Crippen LogP contribution in [-0.2, 0) is 0 Å². The molecule has 0 saturated carbocycles. The molecule has 0 bridgehead atoms. The second kappa shape index (κ2) is 6.02. The predicted molar refractivity (Wildman–Crippen MR) is 87.3 cm³/mol. The van der Waals surface area contributed by atoms with Crippen LogP contribution in [-0.4, -0.2) is 5.75 Å². The Kier molecular flexibility index (Phi) is 4.13. The Bertz CT molecular complexity index is 593. The van der Waals surface area contributed by atoms with Gasteiger partial charge in [0.15, 0.2) is 0 Å². The van der Waals surface area contributed by atoms with Gasteiger partial charge in [-0.15, -0.1) is 11.8 Å². The summed E-state index contributed by atoms with van der Waals surface area (Å²) in [4.78, 5) is 1.44. The zero-order chi connectivity index (χ0) is 13.9. The maximum Gasteiger partial charge on any atom is 0.0344 e. The first-order chi connectivity index (χ1) is 9.75. The van der Waals surface area contributed by atoms with E-state index in [0.717, 1.165) is 0 Å². The maximum absolute atomic E-state index is 3.82. The van der Waals surface area contributed by atoms with Crippen LogP contribution in [0, 0.1) is 6.92 Å². The lowest BCUT2D eigenvalue weighted by Gasteiger charge is -2.29. The van der Waals surface area contributed by atoms with Crippen LogP contribution in [0.25, 0.3) is 0 Å². The number of aryl methyl sites for hydroxylation is 1. The van der Waals surface area contributed by atoms with Crippen LogP contribution >= 0.6 is 11.8 Å². The molecule has 2 aromatic rings. The van der Waals surface area contributed by atoms with E-state index in [0.29, 0.717) is 12.1 Å². The van der Waals surface area contributed by atoms with Gasteiger partial charge < -0.3 is 5.32 Å². The molecular weight excluding hydrogens is 262 g/mol. The quantitative estimate of drug-likeness (QED) is 0.861. The summed E-state index contributed by atoms with van der Waals surface area (Å²) in [6.45, 7) is 4.46. The smallest absolute Gasteiger partial charge is 0.0344 e. The van der Waals surface area contributed by atoms with E-state index in [2.05, 4.69) is 67.7 Å². The molecule has 1 aliphatic heterocycles. The van der Waals surface area contributed by atoms with E-state index in [1.165, 1.54) is 33.8 Å². The Hall–Kier alpha value is -1.25. The van der Waals surface area contributed by atoms with Gasteiger partial charge in [-0.25, -0.2) is 0 Å². The molecule has 20 heavy (non-hydrogen) atoms. The minimum absolute atomic E-state index is 0.386. The molecule has 0 spiro atoms. The van der Waals surface area contributed by atoms with Gasteiger partial charge in [0.2, 0.25) is 0 Å². The summed E-state index contributed by atoms with van der Waals surface area (Å²) in [6, 6.07) is 18.3. The molecule has 1 nitrogen and oxygen atoms in total. The van der Waals surface area contributed by atoms with Crippen molar-refractivity contribution in [2.45, 2.75) is 37.2 Å². The van der Waals surface area contributed by atoms with Crippen LogP contribution in [0.1, 0.15) is 42.1 Å². The molecule has 2 heteroatoms. The van der Waals surface area contributed by atoms with Crippen LogP contribution in [0.4, 0.5) is 0 Å². The summed E-state index contributed by atoms with van der Waals surface area (Å²) < 4.78 is 0. The summed E-state index contributed by atoms with van der Waals surface area (Å²) >= 11 is 1.98. The molecule has 104 valence electrons. The SMILES string of the molecule is Cc1ccccc1C(C)NC1CCSc2ccccc21. The molecule has 2 atom stereocenters. The van der Waals surface area contributed by atoms with Crippen LogP contribution < -0.4 is 5.32 Å². The van der Waals surface area contributed by atoms with Gasteiger partial charge in [0.1, 0.15) is 0 Å². The van der Waals surface area contributed by atoms with E-state index in [1.54, 1.807) is 0 Å². The molecule has 2 unspecified atom stereocenters. The first-order valence-electron chi connectivity index (χ1n) is 7.29. The van der Waals surface area contributed by atoms with Crippen molar-refractivity contribution in [3.05, 3.63) is 65.2 Å². The molecule has 1 N–H and O–H groups in total. The summed E-state index contributed by atoms with van der Waals surface area (Å²) in [5, 5.41) is 3.82. The predicted octanol–water partition coefficient (Wildman–Crippen LogP) is 4.88. The number of rotatable bonds is 3. The standard InChI is InChI=1S/C18H21NS/c1-13-7-3-4-8-15(13)14(2)19-17-11-12-20-18-10-6-5-9-16(17)18/h3-10,14,17,19H,11-12H2,1-2H3. The largest absolute Gasteiger partial charge is 0.303 e. The lowest BCUT2D eigenvalue weighted by atomic mass is 9.98. The molecule has 2 aromatic carbocycles. The molecule has 0 aliphatic carbocycles. The molecule has 0 aromatic heterocycles. The van der Waals surface area contributed by atoms with Crippen LogP contribution in [0.3, 0.4) is 0 Å². The fourth-order valence-corrected chi connectivity index (χ4v) is 4.10. The van der Waals surface area contributed by atoms with Crippen molar-refractivity contribution in [3.63, 3.8) is 0 Å². The van der Waals surface area contributed by atoms with E-state index in [4.69, 9.17) is 0 Å². The van der Waals surface area contributed by atoms with Gasteiger partial charge in [-0.2, -0.15) is 0 Å². The first kappa shape index (κ1) is 13.7. The normalized spacial score (nSPS) is 19.4. The Balaban J connectivity index is 1.81. The van der Waals surface area contributed by atoms with Crippen LogP contribution in [0.5, 0.6) is 0 Å². The van der Waals surface area contributed by atoms with E-state index in [-0.39, 0.29) is 0 Å². The molecule has 0 fully saturated rings. The number of nitrogens with one attached hydrogen (secondary N) is 1. The highest BCUT2D eigenvalue weighted by Crippen LogP contribution is 2.37. The van der Waals surface area contributed by atoms with Gasteiger partial charge in [0.25, 0.3) is 0 Å². The Morgan fingerprint density at radius 2 is 1.85 bits per heavy atom. The molecule has 0 saturated heterocycles. The lowest BCUT2D eigenvalue weighted by Crippen LogP contribution is -2.27. The maximum atomic E-state index is 3.82. The van der Waals surface area contributed by atoms with Crippen molar-refractivity contribution in [2.24, 2.45) is 0 Å². The lowest BCUT2D eigenvalue weighted by molar-refractivity contribution is 0.449. The highest BCUT2D eigenvalue weighted by atomic mass is 32.2. The second-order valence-corrected chi connectivity index (χ2v) is 6.61. The van der Waals surface area contributed by atoms with Crippen molar-refractivity contribution in [2.75, 3.05) is 5.75 Å². The molecule has 3 rings (SSSR count). The third-order valence-electron chi connectivity index (χ3n) is 4.06. The minimum atomic E-state index is 0.386. The summed E-state index contributed by atoms with van der Waals surface area (Å²) in [7, 11) is 0. The van der Waals surface area contributed by atoms with Crippen LogP contribution in [0.15, 0.2) is 53.4 Å². The fourth-order valence-electron chi connectivity index (χ4n) is 2.98. The van der Waals surface area contributed by atoms with Gasteiger partial charge in [-0.1, -0.05) is 42.5 Å². The number of thioether (sulfide) groups is 1. The highest BCUT2D eigenvalue weighted by Gasteiger charge is 2.22. The van der Waals surface area contributed by atoms with E-state index in [9.17, 15) is 0 Å².